The van der Waals surface area contributed by atoms with Gasteiger partial charge >= 0.3 is 6.03 Å². The topological polar surface area (TPSA) is 55.8 Å². The number of carbonyl (C=O) groups excluding carboxylic acids is 1. The summed E-state index contributed by atoms with van der Waals surface area (Å²) >= 11 is 0. The predicted molar refractivity (Wildman–Crippen MR) is 100 cm³/mol. The highest BCUT2D eigenvalue weighted by Gasteiger charge is 2.22. The molecular weight excluding hydrogens is 314 g/mol. The Morgan fingerprint density at radius 2 is 2.08 bits per heavy atom. The van der Waals surface area contributed by atoms with Crippen LogP contribution in [0.5, 0.6) is 0 Å². The monoisotopic (exact) mass is 343 g/mol. The number of hydrogen-bond donors (Lipinski definition) is 2. The van der Waals surface area contributed by atoms with Gasteiger partial charge in [0.15, 0.2) is 0 Å². The molecule has 3 rings (SSSR count). The third-order valence-electron chi connectivity index (χ3n) is 5.20. The third kappa shape index (κ3) is 5.06. The van der Waals surface area contributed by atoms with Crippen molar-refractivity contribution in [2.45, 2.75) is 19.3 Å². The van der Waals surface area contributed by atoms with Gasteiger partial charge in [0, 0.05) is 32.7 Å². The number of aliphatic hydroxyl groups excluding tert-OH is 1. The minimum absolute atomic E-state index is 0.0441. The molecule has 0 spiro atoms. The highest BCUT2D eigenvalue weighted by Crippen LogP contribution is 2.22. The molecule has 0 bridgehead atoms. The molecular formula is C20H29N3O2. The predicted octanol–water partition coefficient (Wildman–Crippen LogP) is 2.19. The maximum Gasteiger partial charge on any atom is 0.317 e. The number of carbonyl (C=O) groups is 1. The Kier molecular flexibility index (Phi) is 6.48. The van der Waals surface area contributed by atoms with Gasteiger partial charge in [-0.2, -0.15) is 0 Å². The summed E-state index contributed by atoms with van der Waals surface area (Å²) in [5, 5.41) is 12.2. The van der Waals surface area contributed by atoms with Crippen LogP contribution in [0.2, 0.25) is 0 Å². The Morgan fingerprint density at radius 1 is 1.24 bits per heavy atom. The fourth-order valence-corrected chi connectivity index (χ4v) is 3.77. The Bertz CT molecular complexity index is 586. The lowest BCUT2D eigenvalue weighted by molar-refractivity contribution is 0.137. The number of rotatable bonds is 5. The molecule has 0 unspecified atom stereocenters. The summed E-state index contributed by atoms with van der Waals surface area (Å²) in [5.74, 6) is 0.490. The number of nitrogens with one attached hydrogen (secondary N) is 1. The average Bonchev–Trinajstić information content (AvgIpc) is 2.67. The molecule has 1 aromatic carbocycles. The van der Waals surface area contributed by atoms with Crippen LogP contribution in [0.15, 0.2) is 36.4 Å². The molecule has 2 aliphatic rings. The Balaban J connectivity index is 1.44. The van der Waals surface area contributed by atoms with Crippen LogP contribution in [-0.2, 0) is 0 Å². The second-order valence-corrected chi connectivity index (χ2v) is 7.01. The van der Waals surface area contributed by atoms with E-state index in [4.69, 9.17) is 5.11 Å². The van der Waals surface area contributed by atoms with E-state index in [9.17, 15) is 4.79 Å². The first-order valence-corrected chi connectivity index (χ1v) is 9.36. The first kappa shape index (κ1) is 18.0. The van der Waals surface area contributed by atoms with Gasteiger partial charge < -0.3 is 20.2 Å². The van der Waals surface area contributed by atoms with E-state index in [-0.39, 0.29) is 12.6 Å². The number of piperidine rings is 1. The number of urea groups is 1. The Morgan fingerprint density at radius 3 is 2.80 bits per heavy atom. The van der Waals surface area contributed by atoms with E-state index in [0.717, 1.165) is 52.0 Å². The van der Waals surface area contributed by atoms with Gasteiger partial charge in [-0.1, -0.05) is 36.4 Å². The summed E-state index contributed by atoms with van der Waals surface area (Å²) in [6.07, 6.45) is 5.38. The second-order valence-electron chi connectivity index (χ2n) is 7.01. The summed E-state index contributed by atoms with van der Waals surface area (Å²) in [5.41, 5.74) is 2.59. The molecule has 1 aromatic rings. The van der Waals surface area contributed by atoms with E-state index in [1.54, 1.807) is 0 Å². The summed E-state index contributed by atoms with van der Waals surface area (Å²) in [7, 11) is 0. The molecule has 2 N–H and O–H groups in total. The largest absolute Gasteiger partial charge is 0.395 e. The zero-order chi connectivity index (χ0) is 17.5. The van der Waals surface area contributed by atoms with Crippen LogP contribution in [-0.4, -0.2) is 66.8 Å². The Hall–Kier alpha value is -1.85. The molecule has 2 aliphatic heterocycles. The van der Waals surface area contributed by atoms with Crippen LogP contribution in [0, 0.1) is 5.92 Å². The highest BCUT2D eigenvalue weighted by molar-refractivity contribution is 5.76. The third-order valence-corrected chi connectivity index (χ3v) is 5.20. The van der Waals surface area contributed by atoms with Crippen LogP contribution in [0.25, 0.3) is 5.57 Å². The molecule has 2 amide bonds. The molecule has 25 heavy (non-hydrogen) atoms. The van der Waals surface area contributed by atoms with Gasteiger partial charge in [-0.05, 0) is 42.9 Å². The summed E-state index contributed by atoms with van der Waals surface area (Å²) < 4.78 is 0. The van der Waals surface area contributed by atoms with Gasteiger partial charge in [-0.25, -0.2) is 4.79 Å². The maximum absolute atomic E-state index is 12.4. The number of nitrogens with zero attached hydrogens (tertiary/aromatic N) is 2. The van der Waals surface area contributed by atoms with Crippen molar-refractivity contribution in [2.75, 3.05) is 45.9 Å². The fourth-order valence-electron chi connectivity index (χ4n) is 3.77. The first-order chi connectivity index (χ1) is 12.3. The van der Waals surface area contributed by atoms with Gasteiger partial charge in [-0.3, -0.25) is 0 Å². The number of amides is 2. The minimum Gasteiger partial charge on any atom is -0.395 e. The van der Waals surface area contributed by atoms with Crippen LogP contribution >= 0.6 is 0 Å². The lowest BCUT2D eigenvalue weighted by Crippen LogP contribution is -2.46. The van der Waals surface area contributed by atoms with Crippen molar-refractivity contribution in [3.63, 3.8) is 0 Å². The molecule has 136 valence electrons. The maximum atomic E-state index is 12.4. The van der Waals surface area contributed by atoms with Crippen molar-refractivity contribution >= 4 is 11.6 Å². The zero-order valence-corrected chi connectivity index (χ0v) is 14.9. The van der Waals surface area contributed by atoms with Crippen LogP contribution in [0.3, 0.4) is 0 Å². The number of benzene rings is 1. The first-order valence-electron chi connectivity index (χ1n) is 9.36. The smallest absolute Gasteiger partial charge is 0.317 e. The fraction of sp³-hybridized carbons (Fsp3) is 0.550. The molecule has 1 saturated heterocycles. The van der Waals surface area contributed by atoms with Crippen LogP contribution < -0.4 is 5.32 Å². The van der Waals surface area contributed by atoms with E-state index >= 15 is 0 Å². The van der Waals surface area contributed by atoms with Crippen molar-refractivity contribution in [3.05, 3.63) is 42.0 Å². The van der Waals surface area contributed by atoms with Crippen molar-refractivity contribution in [1.82, 2.24) is 15.1 Å². The van der Waals surface area contributed by atoms with Crippen molar-refractivity contribution < 1.29 is 9.90 Å². The quantitative estimate of drug-likeness (QED) is 0.862. The van der Waals surface area contributed by atoms with E-state index in [0.29, 0.717) is 12.5 Å². The van der Waals surface area contributed by atoms with E-state index in [1.807, 2.05) is 11.0 Å². The van der Waals surface area contributed by atoms with Crippen molar-refractivity contribution in [2.24, 2.45) is 5.92 Å². The number of hydrogen-bond acceptors (Lipinski definition) is 3. The number of β-amino-alcohol motifs (C(OH)–C–C–N with tert-alkyl or cyclic N) is 1. The van der Waals surface area contributed by atoms with Gasteiger partial charge in [0.2, 0.25) is 0 Å². The van der Waals surface area contributed by atoms with E-state index in [1.165, 1.54) is 11.1 Å². The molecule has 1 atom stereocenters. The summed E-state index contributed by atoms with van der Waals surface area (Å²) in [4.78, 5) is 16.6. The van der Waals surface area contributed by atoms with Gasteiger partial charge in [0.1, 0.15) is 0 Å². The molecule has 5 heteroatoms. The molecule has 0 saturated carbocycles. The average molecular weight is 343 g/mol. The minimum atomic E-state index is 0.0441. The number of aliphatic hydroxyl groups is 1. The van der Waals surface area contributed by atoms with Gasteiger partial charge in [0.05, 0.1) is 6.61 Å². The lowest BCUT2D eigenvalue weighted by atomic mass is 9.98. The summed E-state index contributed by atoms with van der Waals surface area (Å²) in [6.45, 7) is 5.16. The van der Waals surface area contributed by atoms with Gasteiger partial charge in [-0.15, -0.1) is 0 Å². The van der Waals surface area contributed by atoms with Crippen molar-refractivity contribution in [1.29, 1.82) is 0 Å². The summed E-state index contributed by atoms with van der Waals surface area (Å²) in [6, 6.07) is 10.4. The number of likely N-dealkylation sites (tertiary alicyclic amines) is 1. The highest BCUT2D eigenvalue weighted by atomic mass is 16.3. The molecule has 5 nitrogen and oxygen atoms in total. The molecule has 1 fully saturated rings. The van der Waals surface area contributed by atoms with Crippen LogP contribution in [0.1, 0.15) is 24.8 Å². The van der Waals surface area contributed by atoms with Crippen LogP contribution in [0.4, 0.5) is 4.79 Å². The normalized spacial score (nSPS) is 21.7. The second kappa shape index (κ2) is 9.02. The molecule has 0 aliphatic carbocycles. The van der Waals surface area contributed by atoms with E-state index < -0.39 is 0 Å². The molecule has 0 aromatic heterocycles. The van der Waals surface area contributed by atoms with Crippen molar-refractivity contribution in [3.8, 4) is 0 Å². The SMILES string of the molecule is O=C(NC[C@@H]1CCCN(CCO)C1)N1CC=C(c2ccccc2)CC1. The zero-order valence-electron chi connectivity index (χ0n) is 14.9. The van der Waals surface area contributed by atoms with Gasteiger partial charge in [0.25, 0.3) is 0 Å². The molecule has 2 heterocycles. The lowest BCUT2D eigenvalue weighted by Gasteiger charge is -2.33. The van der Waals surface area contributed by atoms with E-state index in [2.05, 4.69) is 40.6 Å². The standard InChI is InChI=1S/C20H29N3O2/c24-14-13-22-10-4-5-17(16-22)15-21-20(25)23-11-8-19(9-12-23)18-6-2-1-3-7-18/h1-3,6-8,17,24H,4-5,9-16H2,(H,21,25)/t17-/m0/s1. The molecule has 0 radical (unpaired) electrons. The Labute approximate surface area is 150 Å².